The quantitative estimate of drug-likeness (QED) is 0.840. The van der Waals surface area contributed by atoms with Crippen molar-refractivity contribution in [1.82, 2.24) is 19.4 Å². The number of aryl methyl sites for hydroxylation is 2. The predicted octanol–water partition coefficient (Wildman–Crippen LogP) is 1.20. The van der Waals surface area contributed by atoms with Crippen LogP contribution in [0.5, 0.6) is 0 Å². The Kier molecular flexibility index (Phi) is 4.45. The zero-order valence-electron chi connectivity index (χ0n) is 13.2. The summed E-state index contributed by atoms with van der Waals surface area (Å²) in [5.41, 5.74) is 0. The van der Waals surface area contributed by atoms with E-state index in [1.54, 1.807) is 11.1 Å². The van der Waals surface area contributed by atoms with Gasteiger partial charge in [-0.1, -0.05) is 0 Å². The normalized spacial score (nSPS) is 21.6. The van der Waals surface area contributed by atoms with Gasteiger partial charge in [0, 0.05) is 45.0 Å². The molecule has 2 aliphatic heterocycles. The van der Waals surface area contributed by atoms with E-state index in [1.165, 1.54) is 0 Å². The van der Waals surface area contributed by atoms with E-state index in [2.05, 4.69) is 4.98 Å². The molecule has 22 heavy (non-hydrogen) atoms. The van der Waals surface area contributed by atoms with E-state index in [-0.39, 0.29) is 17.9 Å². The van der Waals surface area contributed by atoms with Crippen molar-refractivity contribution in [2.24, 2.45) is 0 Å². The van der Waals surface area contributed by atoms with Crippen LogP contribution in [0.2, 0.25) is 0 Å². The van der Waals surface area contributed by atoms with E-state index in [4.69, 9.17) is 0 Å². The Labute approximate surface area is 131 Å². The number of likely N-dealkylation sites (tertiary alicyclic amines) is 2. The van der Waals surface area contributed by atoms with Gasteiger partial charge in [0.1, 0.15) is 11.9 Å². The van der Waals surface area contributed by atoms with Gasteiger partial charge in [-0.2, -0.15) is 0 Å². The number of imidazole rings is 1. The molecule has 0 N–H and O–H groups in total. The van der Waals surface area contributed by atoms with E-state index in [0.29, 0.717) is 19.5 Å². The maximum absolute atomic E-state index is 12.6. The molecule has 0 spiro atoms. The molecule has 1 aromatic heterocycles. The molecule has 1 atom stereocenters. The first-order chi connectivity index (χ1) is 10.7. The van der Waals surface area contributed by atoms with Crippen LogP contribution in [0.15, 0.2) is 12.4 Å². The van der Waals surface area contributed by atoms with Gasteiger partial charge in [0.25, 0.3) is 0 Å². The smallest absolute Gasteiger partial charge is 0.245 e. The molecule has 2 amide bonds. The van der Waals surface area contributed by atoms with E-state index in [9.17, 15) is 9.59 Å². The average Bonchev–Trinajstić information content (AvgIpc) is 3.25. The lowest BCUT2D eigenvalue weighted by Crippen LogP contribution is -2.47. The van der Waals surface area contributed by atoms with Crippen LogP contribution in [0.25, 0.3) is 0 Å². The molecule has 6 heteroatoms. The summed E-state index contributed by atoms with van der Waals surface area (Å²) in [4.78, 5) is 33.0. The Bertz CT molecular complexity index is 548. The van der Waals surface area contributed by atoms with Crippen LogP contribution >= 0.6 is 0 Å². The van der Waals surface area contributed by atoms with Gasteiger partial charge in [0.15, 0.2) is 0 Å². The summed E-state index contributed by atoms with van der Waals surface area (Å²) in [5.74, 6) is 1.16. The monoisotopic (exact) mass is 304 g/mol. The van der Waals surface area contributed by atoms with Crippen molar-refractivity contribution in [3.8, 4) is 0 Å². The summed E-state index contributed by atoms with van der Waals surface area (Å²) in [6.45, 7) is 4.98. The Hall–Kier alpha value is -1.85. The van der Waals surface area contributed by atoms with Gasteiger partial charge >= 0.3 is 0 Å². The molecule has 0 unspecified atom stereocenters. The van der Waals surface area contributed by atoms with Gasteiger partial charge in [0.05, 0.1) is 0 Å². The molecular formula is C16H24N4O2. The highest BCUT2D eigenvalue weighted by atomic mass is 16.2. The van der Waals surface area contributed by atoms with Gasteiger partial charge < -0.3 is 14.4 Å². The zero-order chi connectivity index (χ0) is 15.5. The molecule has 0 saturated carbocycles. The molecule has 0 radical (unpaired) electrons. The molecule has 3 heterocycles. The van der Waals surface area contributed by atoms with Crippen LogP contribution in [0.4, 0.5) is 0 Å². The van der Waals surface area contributed by atoms with Crippen LogP contribution in [-0.2, 0) is 16.1 Å². The Morgan fingerprint density at radius 1 is 1.23 bits per heavy atom. The van der Waals surface area contributed by atoms with E-state index in [1.807, 2.05) is 22.6 Å². The summed E-state index contributed by atoms with van der Waals surface area (Å²) >= 11 is 0. The number of rotatable bonds is 4. The van der Waals surface area contributed by atoms with Gasteiger partial charge in [-0.25, -0.2) is 4.98 Å². The molecule has 3 rings (SSSR count). The minimum absolute atomic E-state index is 0.0862. The van der Waals surface area contributed by atoms with Crippen molar-refractivity contribution in [2.75, 3.05) is 19.6 Å². The van der Waals surface area contributed by atoms with Crippen LogP contribution < -0.4 is 0 Å². The fourth-order valence-corrected chi connectivity index (χ4v) is 3.47. The first kappa shape index (κ1) is 15.1. The summed E-state index contributed by atoms with van der Waals surface area (Å²) in [5, 5.41) is 0. The lowest BCUT2D eigenvalue weighted by atomic mass is 10.2. The lowest BCUT2D eigenvalue weighted by molar-refractivity contribution is -0.143. The van der Waals surface area contributed by atoms with Crippen molar-refractivity contribution in [1.29, 1.82) is 0 Å². The van der Waals surface area contributed by atoms with Crippen molar-refractivity contribution in [3.63, 3.8) is 0 Å². The fraction of sp³-hybridized carbons (Fsp3) is 0.688. The topological polar surface area (TPSA) is 58.4 Å². The third-order valence-corrected chi connectivity index (χ3v) is 4.77. The van der Waals surface area contributed by atoms with Crippen LogP contribution in [0.3, 0.4) is 0 Å². The molecule has 0 aromatic carbocycles. The van der Waals surface area contributed by atoms with Gasteiger partial charge in [0.2, 0.25) is 11.8 Å². The third-order valence-electron chi connectivity index (χ3n) is 4.77. The van der Waals surface area contributed by atoms with E-state index < -0.39 is 0 Å². The highest BCUT2D eigenvalue weighted by Gasteiger charge is 2.36. The molecule has 2 fully saturated rings. The summed E-state index contributed by atoms with van der Waals surface area (Å²) in [6, 6.07) is -0.227. The molecule has 6 nitrogen and oxygen atoms in total. The second-order valence-corrected chi connectivity index (χ2v) is 6.20. The highest BCUT2D eigenvalue weighted by Crippen LogP contribution is 2.22. The van der Waals surface area contributed by atoms with Gasteiger partial charge in [-0.05, 0) is 32.6 Å². The standard InChI is InChI=1S/C16H24N4O2/c1-13-17-7-12-18(13)11-6-15(21)20-10-4-5-14(20)16(22)19-8-2-3-9-19/h7,12,14H,2-6,8-11H2,1H3/t14-/m0/s1. The second-order valence-electron chi connectivity index (χ2n) is 6.20. The Balaban J connectivity index is 1.58. The minimum atomic E-state index is -0.227. The Morgan fingerprint density at radius 2 is 2.00 bits per heavy atom. The van der Waals surface area contributed by atoms with E-state index >= 15 is 0 Å². The van der Waals surface area contributed by atoms with Crippen LogP contribution in [0, 0.1) is 6.92 Å². The molecule has 120 valence electrons. The molecule has 1 aromatic rings. The summed E-state index contributed by atoms with van der Waals surface area (Å²) in [6.07, 6.45) is 7.99. The molecule has 0 bridgehead atoms. The SMILES string of the molecule is Cc1nccn1CCC(=O)N1CCC[C@H]1C(=O)N1CCCC1. The number of nitrogens with zero attached hydrogens (tertiary/aromatic N) is 4. The lowest BCUT2D eigenvalue weighted by Gasteiger charge is -2.28. The second kappa shape index (κ2) is 6.50. The predicted molar refractivity (Wildman–Crippen MR) is 82.1 cm³/mol. The van der Waals surface area contributed by atoms with Crippen molar-refractivity contribution >= 4 is 11.8 Å². The third kappa shape index (κ3) is 3.00. The van der Waals surface area contributed by atoms with Gasteiger partial charge in [-0.15, -0.1) is 0 Å². The van der Waals surface area contributed by atoms with Crippen molar-refractivity contribution in [2.45, 2.75) is 51.6 Å². The number of hydrogen-bond acceptors (Lipinski definition) is 3. The average molecular weight is 304 g/mol. The largest absolute Gasteiger partial charge is 0.341 e. The number of carbonyl (C=O) groups is 2. The number of aromatic nitrogens is 2. The fourth-order valence-electron chi connectivity index (χ4n) is 3.47. The number of amides is 2. The van der Waals surface area contributed by atoms with Crippen LogP contribution in [-0.4, -0.2) is 56.8 Å². The van der Waals surface area contributed by atoms with Crippen molar-refractivity contribution in [3.05, 3.63) is 18.2 Å². The zero-order valence-corrected chi connectivity index (χ0v) is 13.2. The van der Waals surface area contributed by atoms with Gasteiger partial charge in [-0.3, -0.25) is 9.59 Å². The van der Waals surface area contributed by atoms with Crippen molar-refractivity contribution < 1.29 is 9.59 Å². The number of hydrogen-bond donors (Lipinski definition) is 0. The maximum Gasteiger partial charge on any atom is 0.245 e. The highest BCUT2D eigenvalue weighted by molar-refractivity contribution is 5.88. The summed E-state index contributed by atoms with van der Waals surface area (Å²) < 4.78 is 1.98. The molecule has 0 aliphatic carbocycles. The minimum Gasteiger partial charge on any atom is -0.341 e. The van der Waals surface area contributed by atoms with E-state index in [0.717, 1.165) is 44.6 Å². The first-order valence-corrected chi connectivity index (χ1v) is 8.23. The Morgan fingerprint density at radius 3 is 2.68 bits per heavy atom. The first-order valence-electron chi connectivity index (χ1n) is 8.23. The molecule has 2 saturated heterocycles. The number of carbonyl (C=O) groups excluding carboxylic acids is 2. The maximum atomic E-state index is 12.6. The molecule has 2 aliphatic rings. The van der Waals surface area contributed by atoms with Crippen LogP contribution in [0.1, 0.15) is 37.9 Å². The summed E-state index contributed by atoms with van der Waals surface area (Å²) in [7, 11) is 0. The molecular weight excluding hydrogens is 280 g/mol.